The number of rotatable bonds is 7. The first kappa shape index (κ1) is 22.6. The number of nitrogens with one attached hydrogen (secondary N) is 1. The van der Waals surface area contributed by atoms with Crippen molar-refractivity contribution in [2.75, 3.05) is 5.32 Å². The molecule has 0 radical (unpaired) electrons. The lowest BCUT2D eigenvalue weighted by molar-refractivity contribution is -0.115. The zero-order chi connectivity index (χ0) is 23.2. The highest BCUT2D eigenvalue weighted by Gasteiger charge is 2.20. The van der Waals surface area contributed by atoms with Crippen LogP contribution in [0.5, 0.6) is 0 Å². The summed E-state index contributed by atoms with van der Waals surface area (Å²) >= 11 is 5.92. The van der Waals surface area contributed by atoms with E-state index in [1.165, 1.54) is 0 Å². The van der Waals surface area contributed by atoms with Gasteiger partial charge in [-0.05, 0) is 28.8 Å². The molecular formula is C26H22ClN3O3. The molecule has 1 aromatic heterocycles. The fourth-order valence-corrected chi connectivity index (χ4v) is 3.49. The predicted molar refractivity (Wildman–Crippen MR) is 128 cm³/mol. The lowest BCUT2D eigenvalue weighted by atomic mass is 10.0. The van der Waals surface area contributed by atoms with Gasteiger partial charge in [0.15, 0.2) is 5.82 Å². The lowest BCUT2D eigenvalue weighted by Crippen LogP contribution is -2.19. The Morgan fingerprint density at radius 1 is 0.939 bits per heavy atom. The number of halogens is 1. The second-order valence-corrected chi connectivity index (χ2v) is 7.95. The van der Waals surface area contributed by atoms with Crippen molar-refractivity contribution < 1.29 is 15.0 Å². The molecule has 1 heterocycles. The Hall–Kier alpha value is -3.58. The number of benzene rings is 3. The Balaban J connectivity index is 1.65. The van der Waals surface area contributed by atoms with Crippen LogP contribution in [0.1, 0.15) is 28.5 Å². The number of anilines is 1. The molecule has 1 unspecified atom stereocenters. The van der Waals surface area contributed by atoms with E-state index in [9.17, 15) is 15.0 Å². The quantitative estimate of drug-likeness (QED) is 0.377. The average molecular weight is 460 g/mol. The fourth-order valence-electron chi connectivity index (χ4n) is 3.37. The molecule has 0 saturated carbocycles. The van der Waals surface area contributed by atoms with Gasteiger partial charge in [0.25, 0.3) is 0 Å². The van der Waals surface area contributed by atoms with Crippen LogP contribution in [0.2, 0.25) is 5.02 Å². The van der Waals surface area contributed by atoms with Crippen LogP contribution in [0.15, 0.2) is 85.1 Å². The molecule has 1 atom stereocenters. The maximum atomic E-state index is 12.7. The lowest BCUT2D eigenvalue weighted by Gasteiger charge is -2.16. The van der Waals surface area contributed by atoms with Crippen molar-refractivity contribution in [2.45, 2.75) is 19.1 Å². The summed E-state index contributed by atoms with van der Waals surface area (Å²) in [6, 6.07) is 23.3. The summed E-state index contributed by atoms with van der Waals surface area (Å²) in [5.41, 5.74) is 3.78. The molecule has 0 saturated heterocycles. The standard InChI is InChI=1S/C26H22ClN3O3/c27-21-12-8-17(9-13-21)14-23(32)30-26-24(25(33)20-4-2-1-3-5-20)29-22(15-28-26)19-10-6-18(16-31)7-11-19/h1-13,15,25,31,33H,14,16H2,(H,28,30,32). The van der Waals surface area contributed by atoms with Gasteiger partial charge in [-0.25, -0.2) is 9.97 Å². The summed E-state index contributed by atoms with van der Waals surface area (Å²) in [4.78, 5) is 21.7. The number of aromatic nitrogens is 2. The molecule has 6 nitrogen and oxygen atoms in total. The molecule has 7 heteroatoms. The van der Waals surface area contributed by atoms with Crippen LogP contribution in [0, 0.1) is 0 Å². The Morgan fingerprint density at radius 3 is 2.27 bits per heavy atom. The van der Waals surface area contributed by atoms with Crippen molar-refractivity contribution >= 4 is 23.3 Å². The van der Waals surface area contributed by atoms with Crippen molar-refractivity contribution in [2.24, 2.45) is 0 Å². The van der Waals surface area contributed by atoms with Crippen molar-refractivity contribution in [1.29, 1.82) is 0 Å². The zero-order valence-corrected chi connectivity index (χ0v) is 18.4. The molecule has 0 bridgehead atoms. The van der Waals surface area contributed by atoms with Gasteiger partial charge in [-0.1, -0.05) is 78.3 Å². The van der Waals surface area contributed by atoms with Gasteiger partial charge >= 0.3 is 0 Å². The highest BCUT2D eigenvalue weighted by molar-refractivity contribution is 6.30. The normalized spacial score (nSPS) is 11.7. The molecule has 3 N–H and O–H groups in total. The van der Waals surface area contributed by atoms with E-state index >= 15 is 0 Å². The van der Waals surface area contributed by atoms with E-state index in [1.807, 2.05) is 30.3 Å². The number of hydrogen-bond acceptors (Lipinski definition) is 5. The Morgan fingerprint density at radius 2 is 1.61 bits per heavy atom. The van der Waals surface area contributed by atoms with Gasteiger partial charge in [0.2, 0.25) is 5.91 Å². The number of amides is 1. The highest BCUT2D eigenvalue weighted by Crippen LogP contribution is 2.28. The van der Waals surface area contributed by atoms with Crippen molar-refractivity contribution in [3.05, 3.63) is 112 Å². The third kappa shape index (κ3) is 5.62. The third-order valence-corrected chi connectivity index (χ3v) is 5.39. The number of carbonyl (C=O) groups excluding carboxylic acids is 1. The maximum absolute atomic E-state index is 12.7. The van der Waals surface area contributed by atoms with E-state index in [0.29, 0.717) is 16.3 Å². The topological polar surface area (TPSA) is 95.3 Å². The van der Waals surface area contributed by atoms with Crippen LogP contribution in [0.25, 0.3) is 11.3 Å². The molecule has 0 aliphatic rings. The average Bonchev–Trinajstić information content (AvgIpc) is 2.86. The largest absolute Gasteiger partial charge is 0.392 e. The molecule has 33 heavy (non-hydrogen) atoms. The summed E-state index contributed by atoms with van der Waals surface area (Å²) < 4.78 is 0. The van der Waals surface area contributed by atoms with Gasteiger partial charge in [0.05, 0.1) is 24.9 Å². The monoisotopic (exact) mass is 459 g/mol. The molecule has 0 aliphatic heterocycles. The van der Waals surface area contributed by atoms with E-state index in [1.54, 1.807) is 54.7 Å². The highest BCUT2D eigenvalue weighted by atomic mass is 35.5. The molecule has 166 valence electrons. The molecular weight excluding hydrogens is 438 g/mol. The second-order valence-electron chi connectivity index (χ2n) is 7.51. The Kier molecular flexibility index (Phi) is 7.10. The van der Waals surface area contributed by atoms with Crippen LogP contribution < -0.4 is 5.32 Å². The van der Waals surface area contributed by atoms with Crippen molar-refractivity contribution in [1.82, 2.24) is 9.97 Å². The first-order valence-corrected chi connectivity index (χ1v) is 10.8. The molecule has 1 amide bonds. The molecule has 4 rings (SSSR count). The fraction of sp³-hybridized carbons (Fsp3) is 0.115. The Bertz CT molecular complexity index is 1230. The van der Waals surface area contributed by atoms with Gasteiger partial charge in [0.1, 0.15) is 11.8 Å². The van der Waals surface area contributed by atoms with Crippen LogP contribution in [-0.2, 0) is 17.8 Å². The summed E-state index contributed by atoms with van der Waals surface area (Å²) in [7, 11) is 0. The minimum absolute atomic E-state index is 0.0531. The van der Waals surface area contributed by atoms with E-state index in [-0.39, 0.29) is 30.4 Å². The van der Waals surface area contributed by atoms with Gasteiger partial charge in [-0.2, -0.15) is 0 Å². The van der Waals surface area contributed by atoms with Crippen LogP contribution in [-0.4, -0.2) is 26.1 Å². The van der Waals surface area contributed by atoms with Crippen LogP contribution >= 0.6 is 11.6 Å². The number of nitrogens with zero attached hydrogens (tertiary/aromatic N) is 2. The maximum Gasteiger partial charge on any atom is 0.229 e. The summed E-state index contributed by atoms with van der Waals surface area (Å²) in [6.07, 6.45) is 0.596. The zero-order valence-electron chi connectivity index (χ0n) is 17.6. The number of aliphatic hydroxyl groups is 2. The van der Waals surface area contributed by atoms with Crippen LogP contribution in [0.3, 0.4) is 0 Å². The smallest absolute Gasteiger partial charge is 0.229 e. The predicted octanol–water partition coefficient (Wildman–Crippen LogP) is 4.55. The molecule has 4 aromatic rings. The van der Waals surface area contributed by atoms with Gasteiger partial charge in [0, 0.05) is 10.6 Å². The SMILES string of the molecule is O=C(Cc1ccc(Cl)cc1)Nc1ncc(-c2ccc(CO)cc2)nc1C(O)c1ccccc1. The molecule has 0 aliphatic carbocycles. The Labute approximate surface area is 196 Å². The van der Waals surface area contributed by atoms with E-state index in [4.69, 9.17) is 11.6 Å². The van der Waals surface area contributed by atoms with Crippen molar-refractivity contribution in [3.8, 4) is 11.3 Å². The summed E-state index contributed by atoms with van der Waals surface area (Å²) in [5, 5.41) is 23.7. The number of aliphatic hydroxyl groups excluding tert-OH is 2. The number of carbonyl (C=O) groups is 1. The molecule has 3 aromatic carbocycles. The van der Waals surface area contributed by atoms with Crippen LogP contribution in [0.4, 0.5) is 5.82 Å². The summed E-state index contributed by atoms with van der Waals surface area (Å²) in [5.74, 6) is -0.0887. The minimum Gasteiger partial charge on any atom is -0.392 e. The van der Waals surface area contributed by atoms with E-state index in [0.717, 1.165) is 16.7 Å². The third-order valence-electron chi connectivity index (χ3n) is 5.14. The summed E-state index contributed by atoms with van der Waals surface area (Å²) in [6.45, 7) is -0.0531. The second kappa shape index (κ2) is 10.4. The first-order chi connectivity index (χ1) is 16.0. The number of hydrogen-bond donors (Lipinski definition) is 3. The van der Waals surface area contributed by atoms with Crippen molar-refractivity contribution in [3.63, 3.8) is 0 Å². The molecule has 0 spiro atoms. The van der Waals surface area contributed by atoms with Gasteiger partial charge in [-0.15, -0.1) is 0 Å². The first-order valence-electron chi connectivity index (χ1n) is 10.4. The van der Waals surface area contributed by atoms with Gasteiger partial charge in [-0.3, -0.25) is 4.79 Å². The van der Waals surface area contributed by atoms with E-state index < -0.39 is 6.10 Å². The van der Waals surface area contributed by atoms with Gasteiger partial charge < -0.3 is 15.5 Å². The molecule has 0 fully saturated rings. The van der Waals surface area contributed by atoms with E-state index in [2.05, 4.69) is 15.3 Å². The minimum atomic E-state index is -1.08.